The molecule has 0 aliphatic carbocycles. The fourth-order valence-corrected chi connectivity index (χ4v) is 2.98. The third kappa shape index (κ3) is 3.20. The summed E-state index contributed by atoms with van der Waals surface area (Å²) >= 11 is 0. The molecule has 0 radical (unpaired) electrons. The highest BCUT2D eigenvalue weighted by atomic mass is 16.5. The molecule has 1 aliphatic heterocycles. The Morgan fingerprint density at radius 1 is 1.36 bits per heavy atom. The second-order valence-electron chi connectivity index (χ2n) is 6.24. The summed E-state index contributed by atoms with van der Waals surface area (Å²) in [5, 5.41) is 12.5. The lowest BCUT2D eigenvalue weighted by Crippen LogP contribution is -2.34. The van der Waals surface area contributed by atoms with Gasteiger partial charge in [0.1, 0.15) is 17.4 Å². The van der Waals surface area contributed by atoms with Crippen LogP contribution in [0.1, 0.15) is 29.5 Å². The van der Waals surface area contributed by atoms with Crippen LogP contribution in [-0.4, -0.2) is 55.9 Å². The molecule has 3 heterocycles. The fourth-order valence-electron chi connectivity index (χ4n) is 2.98. The van der Waals surface area contributed by atoms with E-state index in [1.807, 2.05) is 27.0 Å². The van der Waals surface area contributed by atoms with Gasteiger partial charge >= 0.3 is 0 Å². The smallest absolute Gasteiger partial charge is 0.146 e. The van der Waals surface area contributed by atoms with Gasteiger partial charge in [-0.25, -0.2) is 0 Å². The van der Waals surface area contributed by atoms with Crippen molar-refractivity contribution in [2.45, 2.75) is 39.4 Å². The van der Waals surface area contributed by atoms with Crippen molar-refractivity contribution >= 4 is 0 Å². The number of hydrogen-bond acceptors (Lipinski definition) is 6. The maximum absolute atomic E-state index is 5.14. The summed E-state index contributed by atoms with van der Waals surface area (Å²) < 4.78 is 7.20. The van der Waals surface area contributed by atoms with Crippen LogP contribution in [0.25, 0.3) is 0 Å². The first-order valence-corrected chi connectivity index (χ1v) is 7.72. The van der Waals surface area contributed by atoms with E-state index >= 15 is 0 Å². The zero-order valence-electron chi connectivity index (χ0n) is 13.8. The van der Waals surface area contributed by atoms with Crippen LogP contribution < -0.4 is 0 Å². The molecule has 2 aromatic heterocycles. The fraction of sp³-hybridized carbons (Fsp3) is 0.667. The maximum Gasteiger partial charge on any atom is 0.146 e. The molecule has 3 rings (SSSR count). The second kappa shape index (κ2) is 6.18. The van der Waals surface area contributed by atoms with E-state index in [9.17, 15) is 0 Å². The molecular formula is C15H24N6O. The van der Waals surface area contributed by atoms with Crippen molar-refractivity contribution in [1.82, 2.24) is 29.7 Å². The Hall–Kier alpha value is -1.73. The number of rotatable bonds is 5. The van der Waals surface area contributed by atoms with Crippen LogP contribution in [0.5, 0.6) is 0 Å². The van der Waals surface area contributed by atoms with Gasteiger partial charge in [0.2, 0.25) is 0 Å². The van der Waals surface area contributed by atoms with Gasteiger partial charge in [-0.2, -0.15) is 0 Å². The quantitative estimate of drug-likeness (QED) is 0.825. The van der Waals surface area contributed by atoms with E-state index in [1.54, 1.807) is 0 Å². The largest absolute Gasteiger partial charge is 0.361 e. The van der Waals surface area contributed by atoms with Crippen molar-refractivity contribution in [2.75, 3.05) is 20.1 Å². The van der Waals surface area contributed by atoms with E-state index in [0.29, 0.717) is 6.04 Å². The molecular weight excluding hydrogens is 280 g/mol. The molecule has 0 spiro atoms. The van der Waals surface area contributed by atoms with Gasteiger partial charge in [0.15, 0.2) is 0 Å². The number of aromatic nitrogens is 4. The molecule has 0 unspecified atom stereocenters. The van der Waals surface area contributed by atoms with Gasteiger partial charge in [0.05, 0.1) is 12.2 Å². The third-order valence-corrected chi connectivity index (χ3v) is 4.51. The van der Waals surface area contributed by atoms with Crippen LogP contribution in [0.4, 0.5) is 0 Å². The van der Waals surface area contributed by atoms with Crippen LogP contribution in [0.2, 0.25) is 0 Å². The Labute approximate surface area is 130 Å². The minimum absolute atomic E-state index is 0.546. The lowest BCUT2D eigenvalue weighted by molar-refractivity contribution is 0.215. The summed E-state index contributed by atoms with van der Waals surface area (Å²) in [5.41, 5.74) is 1.02. The number of likely N-dealkylation sites (tertiary alicyclic amines) is 1. The van der Waals surface area contributed by atoms with Crippen LogP contribution in [0, 0.1) is 13.8 Å². The molecule has 7 heteroatoms. The first kappa shape index (κ1) is 15.2. The zero-order chi connectivity index (χ0) is 15.7. The third-order valence-electron chi connectivity index (χ3n) is 4.51. The molecule has 2 aromatic rings. The van der Waals surface area contributed by atoms with Crippen molar-refractivity contribution in [1.29, 1.82) is 0 Å². The second-order valence-corrected chi connectivity index (χ2v) is 6.24. The first-order valence-electron chi connectivity index (χ1n) is 7.72. The van der Waals surface area contributed by atoms with E-state index in [4.69, 9.17) is 4.52 Å². The van der Waals surface area contributed by atoms with Gasteiger partial charge in [-0.1, -0.05) is 5.16 Å². The molecule has 22 heavy (non-hydrogen) atoms. The predicted molar refractivity (Wildman–Crippen MR) is 82.1 cm³/mol. The van der Waals surface area contributed by atoms with Gasteiger partial charge in [-0.05, 0) is 27.3 Å². The number of nitrogens with zero attached hydrogens (tertiary/aromatic N) is 6. The minimum Gasteiger partial charge on any atom is -0.361 e. The topological polar surface area (TPSA) is 63.2 Å². The summed E-state index contributed by atoms with van der Waals surface area (Å²) in [4.78, 5) is 4.80. The maximum atomic E-state index is 5.14. The van der Waals surface area contributed by atoms with Crippen molar-refractivity contribution in [2.24, 2.45) is 7.05 Å². The molecule has 1 atom stereocenters. The lowest BCUT2D eigenvalue weighted by atomic mass is 10.2. The summed E-state index contributed by atoms with van der Waals surface area (Å²) in [6.07, 6.45) is 1.17. The highest BCUT2D eigenvalue weighted by Gasteiger charge is 2.27. The molecule has 0 amide bonds. The summed E-state index contributed by atoms with van der Waals surface area (Å²) in [7, 11) is 4.19. The van der Waals surface area contributed by atoms with E-state index in [2.05, 4.69) is 36.8 Å². The molecule has 7 nitrogen and oxygen atoms in total. The van der Waals surface area contributed by atoms with E-state index in [1.165, 1.54) is 6.42 Å². The molecule has 1 saturated heterocycles. The Bertz CT molecular complexity index is 634. The highest BCUT2D eigenvalue weighted by Crippen LogP contribution is 2.18. The summed E-state index contributed by atoms with van der Waals surface area (Å²) in [5.74, 6) is 2.85. The zero-order valence-corrected chi connectivity index (χ0v) is 13.8. The Kier molecular flexibility index (Phi) is 4.26. The monoisotopic (exact) mass is 304 g/mol. The minimum atomic E-state index is 0.546. The van der Waals surface area contributed by atoms with E-state index in [0.717, 1.165) is 49.3 Å². The predicted octanol–water partition coefficient (Wildman–Crippen LogP) is 1.13. The van der Waals surface area contributed by atoms with E-state index < -0.39 is 0 Å². The SMILES string of the molecule is Cc1cc(CN2CC[C@H](N(C)Cc3nnc(C)n3C)C2)no1. The Morgan fingerprint density at radius 3 is 2.82 bits per heavy atom. The van der Waals surface area contributed by atoms with Crippen molar-refractivity contribution < 1.29 is 4.52 Å². The summed E-state index contributed by atoms with van der Waals surface area (Å²) in [6.45, 7) is 7.76. The molecule has 0 saturated carbocycles. The molecule has 1 fully saturated rings. The molecule has 0 bridgehead atoms. The van der Waals surface area contributed by atoms with Crippen molar-refractivity contribution in [3.05, 3.63) is 29.2 Å². The standard InChI is InChI=1S/C15H24N6O/c1-11-7-13(18-22-11)8-21-6-5-14(9-21)19(3)10-15-17-16-12(2)20(15)4/h7,14H,5-6,8-10H2,1-4H3/t14-/m0/s1. The average molecular weight is 304 g/mol. The van der Waals surface area contributed by atoms with Gasteiger partial charge < -0.3 is 9.09 Å². The molecule has 1 aliphatic rings. The Morgan fingerprint density at radius 2 is 2.18 bits per heavy atom. The van der Waals surface area contributed by atoms with Crippen molar-refractivity contribution in [3.63, 3.8) is 0 Å². The van der Waals surface area contributed by atoms with Crippen LogP contribution >= 0.6 is 0 Å². The average Bonchev–Trinajstić information content (AvgIpc) is 3.17. The van der Waals surface area contributed by atoms with Gasteiger partial charge in [-0.3, -0.25) is 9.80 Å². The van der Waals surface area contributed by atoms with Crippen LogP contribution in [-0.2, 0) is 20.1 Å². The van der Waals surface area contributed by atoms with Gasteiger partial charge in [-0.15, -0.1) is 10.2 Å². The Balaban J connectivity index is 1.54. The lowest BCUT2D eigenvalue weighted by Gasteiger charge is -2.24. The normalized spacial score (nSPS) is 19.4. The van der Waals surface area contributed by atoms with E-state index in [-0.39, 0.29) is 0 Å². The van der Waals surface area contributed by atoms with Crippen LogP contribution in [0.15, 0.2) is 10.6 Å². The first-order chi connectivity index (χ1) is 10.5. The van der Waals surface area contributed by atoms with Crippen molar-refractivity contribution in [3.8, 4) is 0 Å². The highest BCUT2D eigenvalue weighted by molar-refractivity contribution is 5.04. The number of likely N-dealkylation sites (N-methyl/N-ethyl adjacent to an activating group) is 1. The summed E-state index contributed by atoms with van der Waals surface area (Å²) in [6, 6.07) is 2.56. The number of aryl methyl sites for hydroxylation is 2. The molecule has 0 N–H and O–H groups in total. The number of hydrogen-bond donors (Lipinski definition) is 0. The molecule has 0 aromatic carbocycles. The molecule has 120 valence electrons. The van der Waals surface area contributed by atoms with Gasteiger partial charge in [0, 0.05) is 38.8 Å². The van der Waals surface area contributed by atoms with Gasteiger partial charge in [0.25, 0.3) is 0 Å². The van der Waals surface area contributed by atoms with Crippen LogP contribution in [0.3, 0.4) is 0 Å².